The van der Waals surface area contributed by atoms with Gasteiger partial charge in [0, 0.05) is 24.1 Å². The van der Waals surface area contributed by atoms with Crippen molar-refractivity contribution in [2.75, 3.05) is 0 Å². The van der Waals surface area contributed by atoms with Crippen LogP contribution in [-0.4, -0.2) is 39.9 Å². The third kappa shape index (κ3) is 4.18. The Kier molecular flexibility index (Phi) is 6.80. The molecule has 2 unspecified atom stereocenters. The molecule has 4 saturated carbocycles. The number of carboxylic acids is 2. The van der Waals surface area contributed by atoms with Gasteiger partial charge in [0.2, 0.25) is 5.91 Å². The van der Waals surface area contributed by atoms with Crippen molar-refractivity contribution in [2.45, 2.75) is 112 Å². The summed E-state index contributed by atoms with van der Waals surface area (Å²) in [6.07, 6.45) is 11.6. The maximum Gasteiger partial charge on any atom is 0.328 e. The van der Waals surface area contributed by atoms with E-state index in [-0.39, 0.29) is 56.7 Å². The molecule has 0 saturated heterocycles. The number of aliphatic carboxylic acids is 2. The summed E-state index contributed by atoms with van der Waals surface area (Å²) in [5, 5.41) is 22.1. The highest BCUT2D eigenvalue weighted by atomic mass is 16.4. The van der Waals surface area contributed by atoms with E-state index in [2.05, 4.69) is 46.9 Å². The molecule has 3 N–H and O–H groups in total. The largest absolute Gasteiger partial charge is 0.481 e. The molecule has 1 amide bonds. The van der Waals surface area contributed by atoms with Crippen LogP contribution in [0.2, 0.25) is 0 Å². The Balaban J connectivity index is 1.50. The number of hydrogen-bond donors (Lipinski definition) is 3. The van der Waals surface area contributed by atoms with Crippen LogP contribution in [0.15, 0.2) is 23.8 Å². The predicted octanol–water partition coefficient (Wildman–Crippen LogP) is 6.18. The second-order valence-corrected chi connectivity index (χ2v) is 16.2. The lowest BCUT2D eigenvalue weighted by Crippen LogP contribution is -2.67. The van der Waals surface area contributed by atoms with Crippen LogP contribution in [0.3, 0.4) is 0 Å². The van der Waals surface area contributed by atoms with Crippen molar-refractivity contribution in [3.05, 3.63) is 23.8 Å². The Morgan fingerprint density at radius 3 is 2.17 bits per heavy atom. The monoisotopic (exact) mass is 567 g/mol. The average Bonchev–Trinajstić information content (AvgIpc) is 2.86. The van der Waals surface area contributed by atoms with Gasteiger partial charge in [-0.25, -0.2) is 4.79 Å². The van der Waals surface area contributed by atoms with Crippen molar-refractivity contribution in [3.63, 3.8) is 0 Å². The summed E-state index contributed by atoms with van der Waals surface area (Å²) in [6.45, 7) is 15.6. The van der Waals surface area contributed by atoms with E-state index in [0.717, 1.165) is 57.1 Å². The summed E-state index contributed by atoms with van der Waals surface area (Å²) in [7, 11) is 0. The van der Waals surface area contributed by atoms with E-state index >= 15 is 0 Å². The fraction of sp³-hybridized carbons (Fsp3) is 0.765. The van der Waals surface area contributed by atoms with Crippen LogP contribution in [0.4, 0.5) is 0 Å². The lowest BCUT2D eigenvalue weighted by molar-refractivity contribution is -0.189. The molecule has 0 aromatic rings. The zero-order chi connectivity index (χ0) is 30.4. The zero-order valence-corrected chi connectivity index (χ0v) is 25.9. The molecule has 226 valence electrons. The summed E-state index contributed by atoms with van der Waals surface area (Å²) < 4.78 is 0. The molecule has 0 heterocycles. The second kappa shape index (κ2) is 9.28. The van der Waals surface area contributed by atoms with E-state index in [4.69, 9.17) is 5.11 Å². The Morgan fingerprint density at radius 2 is 1.54 bits per heavy atom. The lowest BCUT2D eigenvalue weighted by atomic mass is 9.33. The molecule has 0 bridgehead atoms. The van der Waals surface area contributed by atoms with E-state index in [9.17, 15) is 24.3 Å². The quantitative estimate of drug-likeness (QED) is 0.349. The smallest absolute Gasteiger partial charge is 0.328 e. The normalized spacial score (nSPS) is 46.8. The van der Waals surface area contributed by atoms with E-state index in [0.29, 0.717) is 12.8 Å². The minimum absolute atomic E-state index is 0.0260. The first-order chi connectivity index (χ1) is 18.8. The predicted molar refractivity (Wildman–Crippen MR) is 156 cm³/mol. The van der Waals surface area contributed by atoms with Crippen molar-refractivity contribution < 1.29 is 29.4 Å². The zero-order valence-electron chi connectivity index (χ0n) is 25.9. The van der Waals surface area contributed by atoms with Gasteiger partial charge in [-0.2, -0.15) is 0 Å². The SMILES string of the molecule is CC1(C)C2CC[C@]3(C)C(C(=O)C=C4[C@@H]5C[C@@](C)(C(=O)O)CC[C@]5(C)CC[C@]43C)[C@@]2(C)CC[C@@H]1NC(=O)/C=C/C(=O)O. The Morgan fingerprint density at radius 1 is 0.878 bits per heavy atom. The van der Waals surface area contributed by atoms with Crippen LogP contribution in [0.5, 0.6) is 0 Å². The number of hydrogen-bond acceptors (Lipinski definition) is 4. The summed E-state index contributed by atoms with van der Waals surface area (Å²) >= 11 is 0. The minimum Gasteiger partial charge on any atom is -0.481 e. The minimum atomic E-state index is -1.15. The van der Waals surface area contributed by atoms with Gasteiger partial charge in [-0.15, -0.1) is 0 Å². The molecule has 4 fully saturated rings. The van der Waals surface area contributed by atoms with E-state index in [1.54, 1.807) is 0 Å². The first-order valence-corrected chi connectivity index (χ1v) is 15.5. The maximum atomic E-state index is 14.5. The average molecular weight is 568 g/mol. The van der Waals surface area contributed by atoms with Gasteiger partial charge in [0.1, 0.15) is 0 Å². The molecule has 9 atom stereocenters. The van der Waals surface area contributed by atoms with Crippen LogP contribution < -0.4 is 5.32 Å². The Bertz CT molecular complexity index is 1250. The van der Waals surface area contributed by atoms with Gasteiger partial charge < -0.3 is 15.5 Å². The van der Waals surface area contributed by atoms with Crippen LogP contribution in [-0.2, 0) is 19.2 Å². The topological polar surface area (TPSA) is 121 Å². The van der Waals surface area contributed by atoms with Gasteiger partial charge in [-0.3, -0.25) is 14.4 Å². The molecule has 0 aliphatic heterocycles. The molecule has 0 aromatic carbocycles. The molecule has 0 spiro atoms. The lowest BCUT2D eigenvalue weighted by Gasteiger charge is -2.70. The number of carboxylic acid groups (broad SMARTS) is 2. The molecule has 0 radical (unpaired) electrons. The number of allylic oxidation sites excluding steroid dienone is 2. The number of nitrogens with one attached hydrogen (secondary N) is 1. The molecule has 5 aliphatic rings. The standard InChI is InChI=1S/C34H49NO6/c1-29(2)23-10-13-34(7)27(32(23,5)12-11-24(29)35-25(37)8-9-26(38)39)22(36)18-20-21-19-31(4,28(40)41)15-14-30(21,3)16-17-33(20,34)6/h8-9,18,21,23-24,27H,10-17,19H2,1-7H3,(H,35,37)(H,38,39)(H,40,41)/b9-8+/t21-,23?,24-,27?,30+,31-,32-,33+,34+/m0/s1. The van der Waals surface area contributed by atoms with Crippen molar-refractivity contribution in [2.24, 2.45) is 50.2 Å². The van der Waals surface area contributed by atoms with Gasteiger partial charge in [0.05, 0.1) is 5.41 Å². The molecule has 7 nitrogen and oxygen atoms in total. The van der Waals surface area contributed by atoms with Gasteiger partial charge in [0.25, 0.3) is 0 Å². The summed E-state index contributed by atoms with van der Waals surface area (Å²) in [5.74, 6) is -1.87. The van der Waals surface area contributed by atoms with Crippen molar-refractivity contribution in [3.8, 4) is 0 Å². The van der Waals surface area contributed by atoms with Gasteiger partial charge in [-0.05, 0) is 110 Å². The highest BCUT2D eigenvalue weighted by Crippen LogP contribution is 2.75. The number of rotatable bonds is 4. The number of fused-ring (bicyclic) bond motifs is 7. The van der Waals surface area contributed by atoms with E-state index in [1.807, 2.05) is 13.0 Å². The van der Waals surface area contributed by atoms with Crippen LogP contribution in [0.25, 0.3) is 0 Å². The highest BCUT2D eigenvalue weighted by Gasteiger charge is 2.70. The highest BCUT2D eigenvalue weighted by molar-refractivity contribution is 5.96. The van der Waals surface area contributed by atoms with Gasteiger partial charge in [0.15, 0.2) is 5.78 Å². The van der Waals surface area contributed by atoms with Crippen LogP contribution in [0.1, 0.15) is 106 Å². The molecular formula is C34H49NO6. The number of amides is 1. The van der Waals surface area contributed by atoms with Gasteiger partial charge in [-0.1, -0.05) is 47.1 Å². The number of carbonyl (C=O) groups is 4. The van der Waals surface area contributed by atoms with Crippen LogP contribution >= 0.6 is 0 Å². The third-order valence-corrected chi connectivity index (χ3v) is 13.8. The molecular weight excluding hydrogens is 518 g/mol. The first-order valence-electron chi connectivity index (χ1n) is 15.5. The Labute approximate surface area is 244 Å². The molecule has 7 heteroatoms. The Hall–Kier alpha value is -2.44. The van der Waals surface area contributed by atoms with Crippen molar-refractivity contribution in [1.29, 1.82) is 0 Å². The molecule has 0 aromatic heterocycles. The molecule has 41 heavy (non-hydrogen) atoms. The molecule has 5 aliphatic carbocycles. The number of ketones is 1. The summed E-state index contributed by atoms with van der Waals surface area (Å²) in [6, 6.07) is -0.109. The van der Waals surface area contributed by atoms with E-state index < -0.39 is 23.3 Å². The molecule has 5 rings (SSSR count). The third-order valence-electron chi connectivity index (χ3n) is 13.8. The van der Waals surface area contributed by atoms with Crippen molar-refractivity contribution >= 4 is 23.6 Å². The summed E-state index contributed by atoms with van der Waals surface area (Å²) in [5.41, 5.74) is -0.428. The van der Waals surface area contributed by atoms with Crippen molar-refractivity contribution in [1.82, 2.24) is 5.32 Å². The van der Waals surface area contributed by atoms with Gasteiger partial charge >= 0.3 is 11.9 Å². The maximum absolute atomic E-state index is 14.5. The first kappa shape index (κ1) is 30.0. The second-order valence-electron chi connectivity index (χ2n) is 16.2. The number of carbonyl (C=O) groups excluding carboxylic acids is 2. The van der Waals surface area contributed by atoms with Crippen LogP contribution in [0, 0.1) is 50.2 Å². The summed E-state index contributed by atoms with van der Waals surface area (Å²) in [4.78, 5) is 50.2. The fourth-order valence-electron chi connectivity index (χ4n) is 11.0. The fourth-order valence-corrected chi connectivity index (χ4v) is 11.0. The van der Waals surface area contributed by atoms with E-state index in [1.165, 1.54) is 5.57 Å².